The summed E-state index contributed by atoms with van der Waals surface area (Å²) in [5, 5.41) is 2.89. The molecule has 0 aliphatic carbocycles. The number of carbonyl (C=O) groups is 2. The van der Waals surface area contributed by atoms with Gasteiger partial charge in [0.25, 0.3) is 5.91 Å². The number of rotatable bonds is 4. The number of pyridine rings is 1. The van der Waals surface area contributed by atoms with Gasteiger partial charge in [0.15, 0.2) is 0 Å². The SMILES string of the molecule is O=C(NCc1ccccc1)c1ccnc(N2CCCCC2=O)c1. The van der Waals surface area contributed by atoms with Crippen LogP contribution in [0.15, 0.2) is 48.7 Å². The molecule has 1 aliphatic rings. The molecule has 2 heterocycles. The van der Waals surface area contributed by atoms with Crippen LogP contribution in [-0.2, 0) is 11.3 Å². The van der Waals surface area contributed by atoms with E-state index >= 15 is 0 Å². The van der Waals surface area contributed by atoms with E-state index in [-0.39, 0.29) is 11.8 Å². The van der Waals surface area contributed by atoms with Gasteiger partial charge in [-0.15, -0.1) is 0 Å². The molecular weight excluding hydrogens is 290 g/mol. The Bertz CT molecular complexity index is 700. The van der Waals surface area contributed by atoms with Gasteiger partial charge in [0, 0.05) is 31.3 Å². The van der Waals surface area contributed by atoms with Gasteiger partial charge in [-0.3, -0.25) is 14.5 Å². The third-order valence-corrected chi connectivity index (χ3v) is 3.90. The largest absolute Gasteiger partial charge is 0.348 e. The Kier molecular flexibility index (Phi) is 4.66. The number of aromatic nitrogens is 1. The van der Waals surface area contributed by atoms with E-state index in [1.807, 2.05) is 30.3 Å². The topological polar surface area (TPSA) is 62.3 Å². The second kappa shape index (κ2) is 7.05. The zero-order valence-electron chi connectivity index (χ0n) is 12.9. The molecule has 2 aromatic rings. The minimum absolute atomic E-state index is 0.0746. The van der Waals surface area contributed by atoms with E-state index in [2.05, 4.69) is 10.3 Å². The lowest BCUT2D eigenvalue weighted by molar-refractivity contribution is -0.119. The number of hydrogen-bond donors (Lipinski definition) is 1. The molecule has 1 saturated heterocycles. The average molecular weight is 309 g/mol. The van der Waals surface area contributed by atoms with Crippen LogP contribution >= 0.6 is 0 Å². The third kappa shape index (κ3) is 3.74. The molecule has 0 saturated carbocycles. The molecule has 1 aromatic heterocycles. The highest BCUT2D eigenvalue weighted by Crippen LogP contribution is 2.19. The van der Waals surface area contributed by atoms with Gasteiger partial charge in [-0.1, -0.05) is 30.3 Å². The molecule has 5 heteroatoms. The molecule has 1 aliphatic heterocycles. The fourth-order valence-electron chi connectivity index (χ4n) is 2.64. The van der Waals surface area contributed by atoms with Crippen LogP contribution in [0.1, 0.15) is 35.2 Å². The molecule has 2 amide bonds. The van der Waals surface area contributed by atoms with Gasteiger partial charge < -0.3 is 5.32 Å². The fourth-order valence-corrected chi connectivity index (χ4v) is 2.64. The molecule has 118 valence electrons. The van der Waals surface area contributed by atoms with Crippen molar-refractivity contribution in [3.8, 4) is 0 Å². The first-order chi connectivity index (χ1) is 11.2. The highest BCUT2D eigenvalue weighted by Gasteiger charge is 2.21. The Morgan fingerprint density at radius 2 is 2.00 bits per heavy atom. The van der Waals surface area contributed by atoms with Gasteiger partial charge in [0.05, 0.1) is 0 Å². The Morgan fingerprint density at radius 1 is 1.17 bits per heavy atom. The lowest BCUT2D eigenvalue weighted by atomic mass is 10.1. The molecule has 1 N–H and O–H groups in total. The van der Waals surface area contributed by atoms with E-state index < -0.39 is 0 Å². The summed E-state index contributed by atoms with van der Waals surface area (Å²) < 4.78 is 0. The van der Waals surface area contributed by atoms with E-state index in [1.54, 1.807) is 23.2 Å². The predicted molar refractivity (Wildman–Crippen MR) is 88.1 cm³/mol. The van der Waals surface area contributed by atoms with Crippen LogP contribution in [0.3, 0.4) is 0 Å². The summed E-state index contributed by atoms with van der Waals surface area (Å²) in [7, 11) is 0. The monoisotopic (exact) mass is 309 g/mol. The van der Waals surface area contributed by atoms with E-state index in [0.717, 1.165) is 18.4 Å². The van der Waals surface area contributed by atoms with Crippen LogP contribution in [0.5, 0.6) is 0 Å². The molecule has 23 heavy (non-hydrogen) atoms. The smallest absolute Gasteiger partial charge is 0.251 e. The number of carbonyl (C=O) groups excluding carboxylic acids is 2. The van der Waals surface area contributed by atoms with Crippen molar-refractivity contribution in [1.82, 2.24) is 10.3 Å². The molecule has 3 rings (SSSR count). The van der Waals surface area contributed by atoms with E-state index in [0.29, 0.717) is 30.9 Å². The summed E-state index contributed by atoms with van der Waals surface area (Å²) >= 11 is 0. The molecule has 0 radical (unpaired) electrons. The summed E-state index contributed by atoms with van der Waals surface area (Å²) in [6.07, 6.45) is 4.02. The zero-order valence-corrected chi connectivity index (χ0v) is 12.9. The number of amides is 2. The molecule has 1 fully saturated rings. The number of benzene rings is 1. The first-order valence-electron chi connectivity index (χ1n) is 7.82. The lowest BCUT2D eigenvalue weighted by Crippen LogP contribution is -2.36. The highest BCUT2D eigenvalue weighted by atomic mass is 16.2. The number of nitrogens with zero attached hydrogens (tertiary/aromatic N) is 2. The fraction of sp³-hybridized carbons (Fsp3) is 0.278. The Labute approximate surface area is 135 Å². The van der Waals surface area contributed by atoms with E-state index in [9.17, 15) is 9.59 Å². The van der Waals surface area contributed by atoms with Crippen molar-refractivity contribution in [2.24, 2.45) is 0 Å². The molecule has 0 atom stereocenters. The number of anilines is 1. The van der Waals surface area contributed by atoms with Crippen LogP contribution in [0.2, 0.25) is 0 Å². The first-order valence-corrected chi connectivity index (χ1v) is 7.82. The quantitative estimate of drug-likeness (QED) is 0.944. The molecule has 0 spiro atoms. The molecule has 0 unspecified atom stereocenters. The van der Waals surface area contributed by atoms with Crippen LogP contribution in [0.4, 0.5) is 5.82 Å². The molecule has 1 aromatic carbocycles. The minimum Gasteiger partial charge on any atom is -0.348 e. The van der Waals surface area contributed by atoms with E-state index in [4.69, 9.17) is 0 Å². The third-order valence-electron chi connectivity index (χ3n) is 3.90. The summed E-state index contributed by atoms with van der Waals surface area (Å²) in [6, 6.07) is 13.1. The van der Waals surface area contributed by atoms with Crippen LogP contribution in [-0.4, -0.2) is 23.3 Å². The van der Waals surface area contributed by atoms with Crippen molar-refractivity contribution in [3.63, 3.8) is 0 Å². The van der Waals surface area contributed by atoms with Crippen molar-refractivity contribution in [1.29, 1.82) is 0 Å². The van der Waals surface area contributed by atoms with Crippen LogP contribution in [0, 0.1) is 0 Å². The van der Waals surface area contributed by atoms with Gasteiger partial charge in [0.2, 0.25) is 5.91 Å². The second-order valence-electron chi connectivity index (χ2n) is 5.57. The van der Waals surface area contributed by atoms with Crippen molar-refractivity contribution in [3.05, 3.63) is 59.8 Å². The van der Waals surface area contributed by atoms with Crippen molar-refractivity contribution in [2.45, 2.75) is 25.8 Å². The standard InChI is InChI=1S/C18H19N3O2/c22-17-8-4-5-11-21(17)16-12-15(9-10-19-16)18(23)20-13-14-6-2-1-3-7-14/h1-3,6-7,9-10,12H,4-5,8,11,13H2,(H,20,23). The van der Waals surface area contributed by atoms with Crippen molar-refractivity contribution >= 4 is 17.6 Å². The Hall–Kier alpha value is -2.69. The highest BCUT2D eigenvalue weighted by molar-refractivity contribution is 5.97. The minimum atomic E-state index is -0.165. The van der Waals surface area contributed by atoms with Gasteiger partial charge in [0.1, 0.15) is 5.82 Å². The Morgan fingerprint density at radius 3 is 2.78 bits per heavy atom. The van der Waals surface area contributed by atoms with Gasteiger partial charge >= 0.3 is 0 Å². The van der Waals surface area contributed by atoms with Crippen LogP contribution < -0.4 is 10.2 Å². The summed E-state index contributed by atoms with van der Waals surface area (Å²) in [4.78, 5) is 30.2. The number of piperidine rings is 1. The summed E-state index contributed by atoms with van der Waals surface area (Å²) in [5.74, 6) is 0.467. The van der Waals surface area contributed by atoms with Gasteiger partial charge in [-0.05, 0) is 30.5 Å². The Balaban J connectivity index is 1.69. The molecule has 0 bridgehead atoms. The first kappa shape index (κ1) is 15.2. The summed E-state index contributed by atoms with van der Waals surface area (Å²) in [6.45, 7) is 1.14. The number of hydrogen-bond acceptors (Lipinski definition) is 3. The van der Waals surface area contributed by atoms with Gasteiger partial charge in [-0.2, -0.15) is 0 Å². The predicted octanol–water partition coefficient (Wildman–Crippen LogP) is 2.53. The normalized spacial score (nSPS) is 14.6. The lowest BCUT2D eigenvalue weighted by Gasteiger charge is -2.25. The van der Waals surface area contributed by atoms with Crippen LogP contribution in [0.25, 0.3) is 0 Å². The maximum absolute atomic E-state index is 12.3. The second-order valence-corrected chi connectivity index (χ2v) is 5.57. The van der Waals surface area contributed by atoms with Crippen molar-refractivity contribution in [2.75, 3.05) is 11.4 Å². The number of nitrogens with one attached hydrogen (secondary N) is 1. The van der Waals surface area contributed by atoms with E-state index in [1.165, 1.54) is 0 Å². The molecular formula is C18H19N3O2. The maximum atomic E-state index is 12.3. The average Bonchev–Trinajstić information content (AvgIpc) is 2.61. The maximum Gasteiger partial charge on any atom is 0.251 e. The van der Waals surface area contributed by atoms with Crippen molar-refractivity contribution < 1.29 is 9.59 Å². The molecule has 5 nitrogen and oxygen atoms in total. The zero-order chi connectivity index (χ0) is 16.1. The summed E-state index contributed by atoms with van der Waals surface area (Å²) in [5.41, 5.74) is 1.56. The van der Waals surface area contributed by atoms with Gasteiger partial charge in [-0.25, -0.2) is 4.98 Å².